The largest absolute Gasteiger partial charge is 0.497 e. The fourth-order valence-corrected chi connectivity index (χ4v) is 2.97. The van der Waals surface area contributed by atoms with E-state index in [0.717, 1.165) is 35.7 Å². The molecule has 1 aromatic heterocycles. The molecule has 4 rings (SSSR count). The second kappa shape index (κ2) is 4.81. The highest BCUT2D eigenvalue weighted by molar-refractivity contribution is 5.72. The standard InChI is InChI=1S/C19H16O2/c1-20-16-10-8-14(9-11-16)18-12-15-7-6-13-4-2-3-5-17(13)19(15)21-18/h2-5,8-12H,6-7H2,1H3. The quantitative estimate of drug-likeness (QED) is 0.675. The van der Waals surface area contributed by atoms with Gasteiger partial charge < -0.3 is 9.15 Å². The molecule has 0 fully saturated rings. The highest BCUT2D eigenvalue weighted by Crippen LogP contribution is 2.38. The molecule has 3 aromatic rings. The molecule has 0 saturated heterocycles. The van der Waals surface area contributed by atoms with E-state index in [4.69, 9.17) is 9.15 Å². The molecule has 2 aromatic carbocycles. The van der Waals surface area contributed by atoms with Crippen molar-refractivity contribution in [1.29, 1.82) is 0 Å². The van der Waals surface area contributed by atoms with Crippen molar-refractivity contribution in [1.82, 2.24) is 0 Å². The molecule has 0 aliphatic heterocycles. The Bertz CT molecular complexity index is 782. The zero-order valence-corrected chi connectivity index (χ0v) is 11.9. The van der Waals surface area contributed by atoms with E-state index < -0.39 is 0 Å². The van der Waals surface area contributed by atoms with Gasteiger partial charge in [0.25, 0.3) is 0 Å². The summed E-state index contributed by atoms with van der Waals surface area (Å²) in [6.07, 6.45) is 2.14. The van der Waals surface area contributed by atoms with E-state index in [1.807, 2.05) is 24.3 Å². The Morgan fingerprint density at radius 1 is 0.905 bits per heavy atom. The van der Waals surface area contributed by atoms with Crippen LogP contribution in [-0.4, -0.2) is 7.11 Å². The highest BCUT2D eigenvalue weighted by Gasteiger charge is 2.20. The number of fused-ring (bicyclic) bond motifs is 3. The molecule has 2 nitrogen and oxygen atoms in total. The monoisotopic (exact) mass is 276 g/mol. The minimum absolute atomic E-state index is 0.861. The summed E-state index contributed by atoms with van der Waals surface area (Å²) >= 11 is 0. The van der Waals surface area contributed by atoms with Crippen molar-refractivity contribution < 1.29 is 9.15 Å². The maximum absolute atomic E-state index is 6.15. The Kier molecular flexibility index (Phi) is 2.81. The second-order valence-electron chi connectivity index (χ2n) is 5.35. The van der Waals surface area contributed by atoms with E-state index in [9.17, 15) is 0 Å². The smallest absolute Gasteiger partial charge is 0.138 e. The first-order valence-corrected chi connectivity index (χ1v) is 7.20. The fraction of sp³-hybridized carbons (Fsp3) is 0.158. The molecular formula is C19H16O2. The summed E-state index contributed by atoms with van der Waals surface area (Å²) in [4.78, 5) is 0. The zero-order chi connectivity index (χ0) is 14.2. The van der Waals surface area contributed by atoms with E-state index in [-0.39, 0.29) is 0 Å². The summed E-state index contributed by atoms with van der Waals surface area (Å²) in [5.41, 5.74) is 5.00. The van der Waals surface area contributed by atoms with E-state index >= 15 is 0 Å². The van der Waals surface area contributed by atoms with Gasteiger partial charge in [-0.15, -0.1) is 0 Å². The lowest BCUT2D eigenvalue weighted by Crippen LogP contribution is -2.00. The average molecular weight is 276 g/mol. The molecule has 2 heteroatoms. The van der Waals surface area contributed by atoms with Crippen LogP contribution in [0.4, 0.5) is 0 Å². The predicted octanol–water partition coefficient (Wildman–Crippen LogP) is 4.72. The number of hydrogen-bond acceptors (Lipinski definition) is 2. The van der Waals surface area contributed by atoms with Crippen LogP contribution in [-0.2, 0) is 12.8 Å². The third-order valence-electron chi connectivity index (χ3n) is 4.11. The molecule has 0 atom stereocenters. The first kappa shape index (κ1) is 12.3. The van der Waals surface area contributed by atoms with Crippen LogP contribution in [0.3, 0.4) is 0 Å². The maximum atomic E-state index is 6.15. The topological polar surface area (TPSA) is 22.4 Å². The lowest BCUT2D eigenvalue weighted by molar-refractivity contribution is 0.415. The lowest BCUT2D eigenvalue weighted by Gasteiger charge is -2.13. The van der Waals surface area contributed by atoms with E-state index in [0.29, 0.717) is 0 Å². The third kappa shape index (κ3) is 2.04. The fourth-order valence-electron chi connectivity index (χ4n) is 2.97. The third-order valence-corrected chi connectivity index (χ3v) is 4.11. The number of aryl methyl sites for hydroxylation is 2. The molecule has 0 amide bonds. The van der Waals surface area contributed by atoms with Crippen LogP contribution in [0.2, 0.25) is 0 Å². The van der Waals surface area contributed by atoms with Gasteiger partial charge in [0.15, 0.2) is 0 Å². The number of ether oxygens (including phenoxy) is 1. The number of benzene rings is 2. The van der Waals surface area contributed by atoms with Crippen LogP contribution in [0.1, 0.15) is 11.1 Å². The van der Waals surface area contributed by atoms with Gasteiger partial charge in [-0.3, -0.25) is 0 Å². The molecule has 21 heavy (non-hydrogen) atoms. The highest BCUT2D eigenvalue weighted by atomic mass is 16.5. The van der Waals surface area contributed by atoms with Gasteiger partial charge >= 0.3 is 0 Å². The maximum Gasteiger partial charge on any atom is 0.138 e. The molecule has 0 unspecified atom stereocenters. The van der Waals surface area contributed by atoms with E-state index in [1.54, 1.807) is 7.11 Å². The number of methoxy groups -OCH3 is 1. The predicted molar refractivity (Wildman–Crippen MR) is 83.5 cm³/mol. The molecule has 104 valence electrons. The molecule has 0 saturated carbocycles. The molecule has 0 radical (unpaired) electrons. The Morgan fingerprint density at radius 3 is 2.48 bits per heavy atom. The average Bonchev–Trinajstić information content (AvgIpc) is 2.99. The van der Waals surface area contributed by atoms with Gasteiger partial charge in [0, 0.05) is 11.1 Å². The molecule has 0 bridgehead atoms. The van der Waals surface area contributed by atoms with Crippen molar-refractivity contribution in [2.75, 3.05) is 7.11 Å². The summed E-state index contributed by atoms with van der Waals surface area (Å²) in [7, 11) is 1.68. The van der Waals surface area contributed by atoms with Crippen LogP contribution in [0.25, 0.3) is 22.6 Å². The van der Waals surface area contributed by atoms with Crippen LogP contribution in [0.5, 0.6) is 5.75 Å². The van der Waals surface area contributed by atoms with Gasteiger partial charge in [-0.1, -0.05) is 24.3 Å². The van der Waals surface area contributed by atoms with Crippen molar-refractivity contribution in [3.8, 4) is 28.4 Å². The van der Waals surface area contributed by atoms with Crippen molar-refractivity contribution in [2.24, 2.45) is 0 Å². The summed E-state index contributed by atoms with van der Waals surface area (Å²) in [5, 5.41) is 0. The van der Waals surface area contributed by atoms with Gasteiger partial charge in [-0.2, -0.15) is 0 Å². The number of hydrogen-bond donors (Lipinski definition) is 0. The van der Waals surface area contributed by atoms with Crippen LogP contribution in [0, 0.1) is 0 Å². The summed E-state index contributed by atoms with van der Waals surface area (Å²) < 4.78 is 11.4. The minimum atomic E-state index is 0.861. The SMILES string of the molecule is COc1ccc(-c2cc3c(o2)-c2ccccc2CC3)cc1. The van der Waals surface area contributed by atoms with Gasteiger partial charge in [0.1, 0.15) is 17.3 Å². The van der Waals surface area contributed by atoms with Gasteiger partial charge in [-0.25, -0.2) is 0 Å². The first-order chi connectivity index (χ1) is 10.3. The molecule has 0 spiro atoms. The number of furan rings is 1. The minimum Gasteiger partial charge on any atom is -0.497 e. The zero-order valence-electron chi connectivity index (χ0n) is 11.9. The van der Waals surface area contributed by atoms with Crippen molar-refractivity contribution in [3.05, 3.63) is 65.7 Å². The van der Waals surface area contributed by atoms with Gasteiger partial charge in [0.05, 0.1) is 7.11 Å². The number of rotatable bonds is 2. The molecule has 1 aliphatic carbocycles. The van der Waals surface area contributed by atoms with Crippen molar-refractivity contribution in [3.63, 3.8) is 0 Å². The normalized spacial score (nSPS) is 12.6. The lowest BCUT2D eigenvalue weighted by atomic mass is 9.91. The molecule has 1 aliphatic rings. The van der Waals surface area contributed by atoms with E-state index in [1.165, 1.54) is 16.7 Å². The molecule has 1 heterocycles. The summed E-state index contributed by atoms with van der Waals surface area (Å²) in [6.45, 7) is 0. The van der Waals surface area contributed by atoms with Gasteiger partial charge in [-0.05, 0) is 54.3 Å². The Morgan fingerprint density at radius 2 is 1.67 bits per heavy atom. The van der Waals surface area contributed by atoms with Crippen molar-refractivity contribution in [2.45, 2.75) is 12.8 Å². The Labute approximate surface area is 124 Å². The van der Waals surface area contributed by atoms with Crippen LogP contribution >= 0.6 is 0 Å². The van der Waals surface area contributed by atoms with E-state index in [2.05, 4.69) is 30.3 Å². The second-order valence-corrected chi connectivity index (χ2v) is 5.35. The summed E-state index contributed by atoms with van der Waals surface area (Å²) in [5.74, 6) is 2.82. The molecular weight excluding hydrogens is 260 g/mol. The summed E-state index contributed by atoms with van der Waals surface area (Å²) in [6, 6.07) is 18.7. The molecule has 0 N–H and O–H groups in total. The van der Waals surface area contributed by atoms with Crippen LogP contribution < -0.4 is 4.74 Å². The first-order valence-electron chi connectivity index (χ1n) is 7.20. The van der Waals surface area contributed by atoms with Crippen molar-refractivity contribution >= 4 is 0 Å². The Balaban J connectivity index is 1.79. The Hall–Kier alpha value is -2.48. The van der Waals surface area contributed by atoms with Gasteiger partial charge in [0.2, 0.25) is 0 Å². The van der Waals surface area contributed by atoms with Crippen LogP contribution in [0.15, 0.2) is 59.0 Å².